The van der Waals surface area contributed by atoms with Crippen LogP contribution in [-0.4, -0.2) is 85.0 Å². The molecule has 2 rings (SSSR count). The lowest BCUT2D eigenvalue weighted by molar-refractivity contribution is -0.147. The lowest BCUT2D eigenvalue weighted by atomic mass is 10.0. The van der Waals surface area contributed by atoms with Crippen molar-refractivity contribution in [2.75, 3.05) is 0 Å². The van der Waals surface area contributed by atoms with Gasteiger partial charge in [-0.05, 0) is 24.1 Å². The number of aromatic nitrogens is 2. The summed E-state index contributed by atoms with van der Waals surface area (Å²) in [5, 5.41) is 34.7. The molecule has 0 bridgehead atoms. The van der Waals surface area contributed by atoms with E-state index in [-0.39, 0.29) is 31.4 Å². The Morgan fingerprint density at radius 2 is 1.48 bits per heavy atom. The van der Waals surface area contributed by atoms with Gasteiger partial charge < -0.3 is 47.7 Å². The maximum Gasteiger partial charge on any atom is 0.326 e. The molecule has 11 N–H and O–H groups in total. The number of benzene rings is 1. The summed E-state index contributed by atoms with van der Waals surface area (Å²) in [4.78, 5) is 79.5. The Kier molecular flexibility index (Phi) is 11.6. The standard InChI is InChI=1S/C24H31N7O9/c25-15(8-13-10-27-11-28-13)21(36)29-16(5-6-19(26)33)22(37)30-17(7-12-1-3-14(32)4-2-12)23(38)31-18(24(39)40)9-20(34)35/h1-4,10-11,15-18,32H,5-9,25H2,(H2,26,33)(H,27,28)(H,29,36)(H,30,37)(H,31,38)(H,34,35)(H,39,40). The molecule has 0 saturated heterocycles. The van der Waals surface area contributed by atoms with E-state index in [1.807, 2.05) is 0 Å². The first-order chi connectivity index (χ1) is 18.8. The molecule has 0 fully saturated rings. The summed E-state index contributed by atoms with van der Waals surface area (Å²) >= 11 is 0. The van der Waals surface area contributed by atoms with Gasteiger partial charge >= 0.3 is 11.9 Å². The molecule has 216 valence electrons. The van der Waals surface area contributed by atoms with Crippen LogP contribution in [0.2, 0.25) is 0 Å². The van der Waals surface area contributed by atoms with Crippen LogP contribution in [-0.2, 0) is 41.6 Å². The third-order valence-corrected chi connectivity index (χ3v) is 5.65. The van der Waals surface area contributed by atoms with Crippen LogP contribution in [0.15, 0.2) is 36.8 Å². The average molecular weight is 562 g/mol. The van der Waals surface area contributed by atoms with Crippen molar-refractivity contribution < 1.29 is 44.1 Å². The molecule has 0 aliphatic carbocycles. The fourth-order valence-corrected chi connectivity index (χ4v) is 3.56. The number of phenols is 1. The molecular formula is C24H31N7O9. The molecule has 40 heavy (non-hydrogen) atoms. The Bertz CT molecular complexity index is 1200. The lowest BCUT2D eigenvalue weighted by Crippen LogP contribution is -2.58. The van der Waals surface area contributed by atoms with Crippen molar-refractivity contribution in [3.8, 4) is 5.75 Å². The summed E-state index contributed by atoms with van der Waals surface area (Å²) in [5.41, 5.74) is 12.1. The molecule has 4 unspecified atom stereocenters. The fraction of sp³-hybridized carbons (Fsp3) is 0.375. The zero-order valence-corrected chi connectivity index (χ0v) is 21.2. The van der Waals surface area contributed by atoms with Gasteiger partial charge in [-0.2, -0.15) is 0 Å². The number of carbonyl (C=O) groups is 6. The molecule has 0 aliphatic heterocycles. The van der Waals surface area contributed by atoms with Gasteiger partial charge in [-0.25, -0.2) is 9.78 Å². The summed E-state index contributed by atoms with van der Waals surface area (Å²) < 4.78 is 0. The number of aromatic amines is 1. The summed E-state index contributed by atoms with van der Waals surface area (Å²) in [6, 6.07) is -0.149. The largest absolute Gasteiger partial charge is 0.508 e. The Labute approximate surface area is 227 Å². The normalized spacial score (nSPS) is 13.7. The van der Waals surface area contributed by atoms with Crippen molar-refractivity contribution in [2.45, 2.75) is 56.3 Å². The topological polar surface area (TPSA) is 280 Å². The SMILES string of the molecule is NC(=O)CCC(NC(=O)C(N)Cc1cnc[nH]1)C(=O)NC(Cc1ccc(O)cc1)C(=O)NC(CC(=O)O)C(=O)O. The predicted octanol–water partition coefficient (Wildman–Crippen LogP) is -2.49. The van der Waals surface area contributed by atoms with Gasteiger partial charge in [0.2, 0.25) is 23.6 Å². The maximum atomic E-state index is 13.2. The van der Waals surface area contributed by atoms with Crippen LogP contribution in [0.3, 0.4) is 0 Å². The van der Waals surface area contributed by atoms with Crippen molar-refractivity contribution in [2.24, 2.45) is 11.5 Å². The highest BCUT2D eigenvalue weighted by molar-refractivity contribution is 5.95. The third kappa shape index (κ3) is 10.4. The quantitative estimate of drug-likeness (QED) is 0.103. The first-order valence-electron chi connectivity index (χ1n) is 12.0. The second-order valence-corrected chi connectivity index (χ2v) is 8.88. The molecule has 16 heteroatoms. The molecule has 0 radical (unpaired) electrons. The molecule has 4 atom stereocenters. The van der Waals surface area contributed by atoms with Crippen molar-refractivity contribution in [3.05, 3.63) is 48.0 Å². The van der Waals surface area contributed by atoms with E-state index in [0.717, 1.165) is 0 Å². The van der Waals surface area contributed by atoms with Crippen LogP contribution in [0.1, 0.15) is 30.5 Å². The van der Waals surface area contributed by atoms with E-state index in [2.05, 4.69) is 25.9 Å². The molecule has 0 aliphatic rings. The van der Waals surface area contributed by atoms with Crippen molar-refractivity contribution >= 4 is 35.6 Å². The molecule has 1 aromatic heterocycles. The number of imidazole rings is 1. The highest BCUT2D eigenvalue weighted by Gasteiger charge is 2.31. The molecule has 2 aromatic rings. The van der Waals surface area contributed by atoms with E-state index in [9.17, 15) is 39.0 Å². The minimum Gasteiger partial charge on any atom is -0.508 e. The molecule has 4 amide bonds. The highest BCUT2D eigenvalue weighted by atomic mass is 16.4. The lowest BCUT2D eigenvalue weighted by Gasteiger charge is -2.25. The number of hydrogen-bond acceptors (Lipinski definition) is 9. The van der Waals surface area contributed by atoms with E-state index in [1.54, 1.807) is 0 Å². The molecule has 1 aromatic carbocycles. The summed E-state index contributed by atoms with van der Waals surface area (Å²) in [6.07, 6.45) is 1.25. The van der Waals surface area contributed by atoms with Gasteiger partial charge in [-0.15, -0.1) is 0 Å². The molecule has 0 saturated carbocycles. The molecular weight excluding hydrogens is 530 g/mol. The van der Waals surface area contributed by atoms with Crippen LogP contribution in [0.4, 0.5) is 0 Å². The Morgan fingerprint density at radius 1 is 0.875 bits per heavy atom. The molecule has 1 heterocycles. The van der Waals surface area contributed by atoms with Gasteiger partial charge in [0.15, 0.2) is 0 Å². The summed E-state index contributed by atoms with van der Waals surface area (Å²) in [5.74, 6) is -6.59. The zero-order valence-electron chi connectivity index (χ0n) is 21.2. The zero-order chi connectivity index (χ0) is 29.8. The van der Waals surface area contributed by atoms with Crippen LogP contribution < -0.4 is 27.4 Å². The number of amides is 4. The number of carboxylic acids is 2. The minimum absolute atomic E-state index is 0.0576. The Hall–Kier alpha value is -4.99. The third-order valence-electron chi connectivity index (χ3n) is 5.65. The van der Waals surface area contributed by atoms with Crippen molar-refractivity contribution in [1.29, 1.82) is 0 Å². The van der Waals surface area contributed by atoms with Gasteiger partial charge in [0.1, 0.15) is 23.9 Å². The summed E-state index contributed by atoms with van der Waals surface area (Å²) in [7, 11) is 0. The first kappa shape index (κ1) is 31.2. The number of aromatic hydroxyl groups is 1. The van der Waals surface area contributed by atoms with E-state index < -0.39 is 66.2 Å². The number of nitrogens with one attached hydrogen (secondary N) is 4. The second kappa shape index (κ2) is 14.8. The molecule has 0 spiro atoms. The number of primary amides is 1. The Morgan fingerprint density at radius 3 is 2.02 bits per heavy atom. The van der Waals surface area contributed by atoms with Crippen LogP contribution in [0.5, 0.6) is 5.75 Å². The number of phenolic OH excluding ortho intramolecular Hbond substituents is 1. The average Bonchev–Trinajstić information content (AvgIpc) is 3.39. The van der Waals surface area contributed by atoms with Crippen LogP contribution in [0, 0.1) is 0 Å². The monoisotopic (exact) mass is 561 g/mol. The number of H-pyrrole nitrogens is 1. The van der Waals surface area contributed by atoms with Crippen LogP contribution >= 0.6 is 0 Å². The van der Waals surface area contributed by atoms with Gasteiger partial charge in [-0.3, -0.25) is 24.0 Å². The number of hydrogen-bond donors (Lipinski definition) is 9. The van der Waals surface area contributed by atoms with Gasteiger partial charge in [0.25, 0.3) is 0 Å². The van der Waals surface area contributed by atoms with Crippen molar-refractivity contribution in [3.63, 3.8) is 0 Å². The fourth-order valence-electron chi connectivity index (χ4n) is 3.56. The van der Waals surface area contributed by atoms with E-state index in [1.165, 1.54) is 36.8 Å². The van der Waals surface area contributed by atoms with Crippen LogP contribution in [0.25, 0.3) is 0 Å². The Balaban J connectivity index is 2.24. The van der Waals surface area contributed by atoms with E-state index >= 15 is 0 Å². The highest BCUT2D eigenvalue weighted by Crippen LogP contribution is 2.12. The van der Waals surface area contributed by atoms with Crippen molar-refractivity contribution in [1.82, 2.24) is 25.9 Å². The van der Waals surface area contributed by atoms with E-state index in [4.69, 9.17) is 16.6 Å². The number of carbonyl (C=O) groups excluding carboxylic acids is 4. The second-order valence-electron chi connectivity index (χ2n) is 8.88. The smallest absolute Gasteiger partial charge is 0.326 e. The number of aliphatic carboxylic acids is 2. The predicted molar refractivity (Wildman–Crippen MR) is 136 cm³/mol. The van der Waals surface area contributed by atoms with Gasteiger partial charge in [0.05, 0.1) is 18.8 Å². The number of rotatable bonds is 16. The summed E-state index contributed by atoms with van der Waals surface area (Å²) in [6.45, 7) is 0. The number of nitrogens with zero attached hydrogens (tertiary/aromatic N) is 1. The minimum atomic E-state index is -1.80. The van der Waals surface area contributed by atoms with Gasteiger partial charge in [0, 0.05) is 31.2 Å². The van der Waals surface area contributed by atoms with E-state index in [0.29, 0.717) is 11.3 Å². The van der Waals surface area contributed by atoms with Gasteiger partial charge in [-0.1, -0.05) is 12.1 Å². The maximum absolute atomic E-state index is 13.2. The first-order valence-corrected chi connectivity index (χ1v) is 12.0. The number of nitrogens with two attached hydrogens (primary N) is 2. The molecule has 16 nitrogen and oxygen atoms in total. The number of carboxylic acid groups (broad SMARTS) is 2.